The van der Waals surface area contributed by atoms with Gasteiger partial charge < -0.3 is 15.1 Å². The third-order valence-corrected chi connectivity index (χ3v) is 7.14. The molecule has 1 fully saturated rings. The lowest BCUT2D eigenvalue weighted by Gasteiger charge is -2.34. The van der Waals surface area contributed by atoms with E-state index in [2.05, 4.69) is 5.32 Å². The number of nitrogens with one attached hydrogen (secondary N) is 1. The van der Waals surface area contributed by atoms with Crippen molar-refractivity contribution in [3.63, 3.8) is 0 Å². The number of sulfonamides is 1. The maximum absolute atomic E-state index is 12.8. The second-order valence-electron chi connectivity index (χ2n) is 7.73. The summed E-state index contributed by atoms with van der Waals surface area (Å²) in [5, 5.41) is 3.06. The first-order valence-electron chi connectivity index (χ1n) is 10.1. The summed E-state index contributed by atoms with van der Waals surface area (Å²) in [5.74, 6) is -0.179. The SMILES string of the molecule is Cc1ccc(S(=O)(=O)N2CCN(C(=O)CNc3ccc(C(=O)N(C)C)cc3)CC2)cc1. The molecule has 2 aromatic rings. The fraction of sp³-hybridized carbons (Fsp3) is 0.364. The van der Waals surface area contributed by atoms with Crippen LogP contribution in [0.1, 0.15) is 15.9 Å². The number of carbonyl (C=O) groups excluding carboxylic acids is 2. The molecule has 2 amide bonds. The highest BCUT2D eigenvalue weighted by Gasteiger charge is 2.29. The molecule has 0 saturated carbocycles. The predicted octanol–water partition coefficient (Wildman–Crippen LogP) is 1.64. The summed E-state index contributed by atoms with van der Waals surface area (Å²) in [5.41, 5.74) is 2.32. The lowest BCUT2D eigenvalue weighted by atomic mass is 10.2. The molecule has 0 atom stereocenters. The number of carbonyl (C=O) groups is 2. The van der Waals surface area contributed by atoms with E-state index in [1.807, 2.05) is 6.92 Å². The number of hydrogen-bond donors (Lipinski definition) is 1. The molecule has 9 heteroatoms. The van der Waals surface area contributed by atoms with Gasteiger partial charge in [0, 0.05) is 51.5 Å². The first-order valence-corrected chi connectivity index (χ1v) is 11.5. The van der Waals surface area contributed by atoms with Gasteiger partial charge in [-0.25, -0.2) is 8.42 Å². The zero-order valence-corrected chi connectivity index (χ0v) is 18.9. The van der Waals surface area contributed by atoms with Gasteiger partial charge >= 0.3 is 0 Å². The van der Waals surface area contributed by atoms with Crippen molar-refractivity contribution < 1.29 is 18.0 Å². The molecule has 1 heterocycles. The van der Waals surface area contributed by atoms with Gasteiger partial charge in [0.1, 0.15) is 0 Å². The highest BCUT2D eigenvalue weighted by atomic mass is 32.2. The van der Waals surface area contributed by atoms with E-state index in [0.717, 1.165) is 11.3 Å². The van der Waals surface area contributed by atoms with Crippen LogP contribution in [0.5, 0.6) is 0 Å². The topological polar surface area (TPSA) is 90.0 Å². The Kier molecular flexibility index (Phi) is 6.97. The van der Waals surface area contributed by atoms with Gasteiger partial charge in [-0.3, -0.25) is 9.59 Å². The van der Waals surface area contributed by atoms with Crippen LogP contribution in [0.2, 0.25) is 0 Å². The van der Waals surface area contributed by atoms with E-state index in [-0.39, 0.29) is 36.3 Å². The lowest BCUT2D eigenvalue weighted by molar-refractivity contribution is -0.130. The van der Waals surface area contributed by atoms with Crippen LogP contribution in [0.25, 0.3) is 0 Å². The molecule has 0 aliphatic carbocycles. The Morgan fingerprint density at radius 1 is 0.935 bits per heavy atom. The number of piperazine rings is 1. The molecule has 1 aliphatic rings. The Morgan fingerprint density at radius 2 is 1.52 bits per heavy atom. The van der Waals surface area contributed by atoms with Crippen LogP contribution in [0.3, 0.4) is 0 Å². The molecule has 0 radical (unpaired) electrons. The average Bonchev–Trinajstić information content (AvgIpc) is 2.77. The number of hydrogen-bond acceptors (Lipinski definition) is 5. The second kappa shape index (κ2) is 9.49. The van der Waals surface area contributed by atoms with E-state index in [4.69, 9.17) is 0 Å². The van der Waals surface area contributed by atoms with Gasteiger partial charge in [0.05, 0.1) is 11.4 Å². The number of anilines is 1. The van der Waals surface area contributed by atoms with Gasteiger partial charge in [0.2, 0.25) is 15.9 Å². The highest BCUT2D eigenvalue weighted by molar-refractivity contribution is 7.89. The van der Waals surface area contributed by atoms with Crippen molar-refractivity contribution in [2.45, 2.75) is 11.8 Å². The third kappa shape index (κ3) is 5.42. The van der Waals surface area contributed by atoms with Gasteiger partial charge in [-0.1, -0.05) is 17.7 Å². The van der Waals surface area contributed by atoms with Crippen LogP contribution in [-0.2, 0) is 14.8 Å². The smallest absolute Gasteiger partial charge is 0.253 e. The summed E-state index contributed by atoms with van der Waals surface area (Å²) < 4.78 is 27.0. The van der Waals surface area contributed by atoms with Gasteiger partial charge in [-0.05, 0) is 43.3 Å². The van der Waals surface area contributed by atoms with Crippen molar-refractivity contribution >= 4 is 27.5 Å². The van der Waals surface area contributed by atoms with Crippen molar-refractivity contribution in [2.75, 3.05) is 52.1 Å². The Bertz CT molecular complexity index is 1030. The first-order chi connectivity index (χ1) is 14.7. The number of aryl methyl sites for hydroxylation is 1. The van der Waals surface area contributed by atoms with E-state index in [1.54, 1.807) is 67.5 Å². The lowest BCUT2D eigenvalue weighted by Crippen LogP contribution is -2.51. The molecular weight excluding hydrogens is 416 g/mol. The van der Waals surface area contributed by atoms with Crippen LogP contribution < -0.4 is 5.32 Å². The van der Waals surface area contributed by atoms with Crippen molar-refractivity contribution in [2.24, 2.45) is 0 Å². The summed E-state index contributed by atoms with van der Waals surface area (Å²) in [6, 6.07) is 13.7. The average molecular weight is 445 g/mol. The number of benzene rings is 2. The fourth-order valence-electron chi connectivity index (χ4n) is 3.32. The third-order valence-electron chi connectivity index (χ3n) is 5.23. The molecule has 1 aliphatic heterocycles. The van der Waals surface area contributed by atoms with Crippen molar-refractivity contribution in [1.82, 2.24) is 14.1 Å². The van der Waals surface area contributed by atoms with E-state index in [9.17, 15) is 18.0 Å². The largest absolute Gasteiger partial charge is 0.376 e. The number of nitrogens with zero attached hydrogens (tertiary/aromatic N) is 3. The van der Waals surface area contributed by atoms with Crippen molar-refractivity contribution in [1.29, 1.82) is 0 Å². The second-order valence-corrected chi connectivity index (χ2v) is 9.67. The van der Waals surface area contributed by atoms with Crippen LogP contribution in [0.4, 0.5) is 5.69 Å². The monoisotopic (exact) mass is 444 g/mol. The zero-order valence-electron chi connectivity index (χ0n) is 18.0. The Hall–Kier alpha value is -2.91. The molecule has 166 valence electrons. The highest BCUT2D eigenvalue weighted by Crippen LogP contribution is 2.18. The molecule has 2 aromatic carbocycles. The quantitative estimate of drug-likeness (QED) is 0.732. The Labute approximate surface area is 183 Å². The molecule has 31 heavy (non-hydrogen) atoms. The van der Waals surface area contributed by atoms with Crippen LogP contribution in [-0.4, -0.2) is 81.2 Å². The van der Waals surface area contributed by atoms with E-state index >= 15 is 0 Å². The van der Waals surface area contributed by atoms with Crippen molar-refractivity contribution in [3.8, 4) is 0 Å². The molecule has 0 spiro atoms. The number of amides is 2. The van der Waals surface area contributed by atoms with Crippen molar-refractivity contribution in [3.05, 3.63) is 59.7 Å². The van der Waals surface area contributed by atoms with Gasteiger partial charge in [0.15, 0.2) is 0 Å². The Balaban J connectivity index is 1.51. The summed E-state index contributed by atoms with van der Waals surface area (Å²) in [6.07, 6.45) is 0. The zero-order chi connectivity index (χ0) is 22.6. The molecule has 0 bridgehead atoms. The summed E-state index contributed by atoms with van der Waals surface area (Å²) >= 11 is 0. The predicted molar refractivity (Wildman–Crippen MR) is 119 cm³/mol. The van der Waals surface area contributed by atoms with Gasteiger partial charge in [0.25, 0.3) is 5.91 Å². The van der Waals surface area contributed by atoms with Crippen LogP contribution >= 0.6 is 0 Å². The number of rotatable bonds is 6. The first kappa shape index (κ1) is 22.8. The molecule has 1 N–H and O–H groups in total. The fourth-order valence-corrected chi connectivity index (χ4v) is 4.74. The maximum Gasteiger partial charge on any atom is 0.253 e. The minimum atomic E-state index is -3.55. The minimum Gasteiger partial charge on any atom is -0.376 e. The van der Waals surface area contributed by atoms with E-state index in [0.29, 0.717) is 18.7 Å². The van der Waals surface area contributed by atoms with Crippen LogP contribution in [0.15, 0.2) is 53.4 Å². The standard InChI is InChI=1S/C22H28N4O4S/c1-17-4-10-20(11-5-17)31(29,30)26-14-12-25(13-15-26)21(27)16-23-19-8-6-18(7-9-19)22(28)24(2)3/h4-11,23H,12-16H2,1-3H3. The molecule has 8 nitrogen and oxygen atoms in total. The molecule has 0 unspecified atom stereocenters. The summed E-state index contributed by atoms with van der Waals surface area (Å²) in [4.78, 5) is 27.9. The van der Waals surface area contributed by atoms with Crippen LogP contribution in [0, 0.1) is 6.92 Å². The molecule has 0 aromatic heterocycles. The van der Waals surface area contributed by atoms with E-state index < -0.39 is 10.0 Å². The normalized spacial score (nSPS) is 14.9. The maximum atomic E-state index is 12.8. The van der Waals surface area contributed by atoms with E-state index in [1.165, 1.54) is 9.21 Å². The summed E-state index contributed by atoms with van der Waals surface area (Å²) in [6.45, 7) is 3.24. The van der Waals surface area contributed by atoms with Gasteiger partial charge in [-0.2, -0.15) is 4.31 Å². The minimum absolute atomic E-state index is 0.0823. The molecule has 3 rings (SSSR count). The summed E-state index contributed by atoms with van der Waals surface area (Å²) in [7, 11) is -0.165. The van der Waals surface area contributed by atoms with Gasteiger partial charge in [-0.15, -0.1) is 0 Å². The molecule has 1 saturated heterocycles. The molecular formula is C22H28N4O4S. The Morgan fingerprint density at radius 3 is 2.06 bits per heavy atom.